The van der Waals surface area contributed by atoms with Crippen molar-refractivity contribution >= 4 is 11.8 Å². The summed E-state index contributed by atoms with van der Waals surface area (Å²) in [6, 6.07) is 2.82. The molecular formula is C8H14N2S. The normalized spacial score (nSPS) is 19.5. The van der Waals surface area contributed by atoms with Crippen molar-refractivity contribution in [3.63, 3.8) is 0 Å². The highest BCUT2D eigenvalue weighted by Crippen LogP contribution is 2.16. The van der Waals surface area contributed by atoms with Gasteiger partial charge in [-0.3, -0.25) is 0 Å². The molecule has 1 aliphatic heterocycles. The molecule has 11 heavy (non-hydrogen) atoms. The van der Waals surface area contributed by atoms with Crippen LogP contribution in [0.5, 0.6) is 0 Å². The fourth-order valence-electron chi connectivity index (χ4n) is 1.23. The molecule has 0 saturated carbocycles. The van der Waals surface area contributed by atoms with Crippen molar-refractivity contribution in [1.29, 1.82) is 5.26 Å². The quantitative estimate of drug-likeness (QED) is 0.650. The summed E-state index contributed by atoms with van der Waals surface area (Å²) in [5.74, 6) is 2.56. The van der Waals surface area contributed by atoms with E-state index < -0.39 is 0 Å². The Kier molecular flexibility index (Phi) is 4.41. The lowest BCUT2D eigenvalue weighted by atomic mass is 10.1. The first-order valence-electron chi connectivity index (χ1n) is 4.11. The maximum atomic E-state index is 8.30. The standard InChI is InChI=1S/C8H14N2S/c9-4-1-5-10-8-2-6-11-7-3-8/h8,10H,1-3,5-7H2. The summed E-state index contributed by atoms with van der Waals surface area (Å²) in [6.45, 7) is 0.867. The van der Waals surface area contributed by atoms with Crippen LogP contribution in [-0.4, -0.2) is 24.1 Å². The Balaban J connectivity index is 2.01. The second kappa shape index (κ2) is 5.45. The van der Waals surface area contributed by atoms with Gasteiger partial charge < -0.3 is 5.32 Å². The third-order valence-corrected chi connectivity index (χ3v) is 2.94. The van der Waals surface area contributed by atoms with E-state index in [1.165, 1.54) is 24.3 Å². The fourth-order valence-corrected chi connectivity index (χ4v) is 2.34. The lowest BCUT2D eigenvalue weighted by Gasteiger charge is -2.21. The van der Waals surface area contributed by atoms with E-state index in [0.717, 1.165) is 6.54 Å². The van der Waals surface area contributed by atoms with Gasteiger partial charge in [-0.1, -0.05) is 0 Å². The predicted molar refractivity (Wildman–Crippen MR) is 48.6 cm³/mol. The Morgan fingerprint density at radius 2 is 2.18 bits per heavy atom. The van der Waals surface area contributed by atoms with Crippen molar-refractivity contribution < 1.29 is 0 Å². The molecule has 1 fully saturated rings. The van der Waals surface area contributed by atoms with Crippen LogP contribution >= 0.6 is 11.8 Å². The molecule has 1 N–H and O–H groups in total. The highest BCUT2D eigenvalue weighted by atomic mass is 32.2. The molecular weight excluding hydrogens is 156 g/mol. The van der Waals surface area contributed by atoms with Gasteiger partial charge in [-0.05, 0) is 24.3 Å². The molecule has 0 atom stereocenters. The topological polar surface area (TPSA) is 35.8 Å². The number of rotatable bonds is 3. The second-order valence-electron chi connectivity index (χ2n) is 2.75. The monoisotopic (exact) mass is 170 g/mol. The third-order valence-electron chi connectivity index (χ3n) is 1.89. The van der Waals surface area contributed by atoms with Crippen LogP contribution in [0.2, 0.25) is 0 Å². The molecule has 0 radical (unpaired) electrons. The van der Waals surface area contributed by atoms with E-state index in [9.17, 15) is 0 Å². The largest absolute Gasteiger partial charge is 0.313 e. The second-order valence-corrected chi connectivity index (χ2v) is 3.97. The van der Waals surface area contributed by atoms with Crippen molar-refractivity contribution in [1.82, 2.24) is 5.32 Å². The number of hydrogen-bond acceptors (Lipinski definition) is 3. The summed E-state index contributed by atoms with van der Waals surface area (Å²) in [5.41, 5.74) is 0. The van der Waals surface area contributed by atoms with Gasteiger partial charge in [-0.15, -0.1) is 0 Å². The smallest absolute Gasteiger partial charge is 0.0635 e. The van der Waals surface area contributed by atoms with Crippen LogP contribution in [0, 0.1) is 11.3 Å². The van der Waals surface area contributed by atoms with Gasteiger partial charge in [0.25, 0.3) is 0 Å². The van der Waals surface area contributed by atoms with Gasteiger partial charge in [0.1, 0.15) is 0 Å². The van der Waals surface area contributed by atoms with Gasteiger partial charge in [0.05, 0.1) is 6.07 Å². The lowest BCUT2D eigenvalue weighted by molar-refractivity contribution is 0.489. The highest BCUT2D eigenvalue weighted by molar-refractivity contribution is 7.99. The van der Waals surface area contributed by atoms with Gasteiger partial charge in [0, 0.05) is 19.0 Å². The van der Waals surface area contributed by atoms with Crippen molar-refractivity contribution in [3.05, 3.63) is 0 Å². The molecule has 0 amide bonds. The van der Waals surface area contributed by atoms with Crippen molar-refractivity contribution in [2.45, 2.75) is 25.3 Å². The van der Waals surface area contributed by atoms with Crippen LogP contribution in [0.1, 0.15) is 19.3 Å². The number of nitriles is 1. The molecule has 1 aliphatic rings. The molecule has 1 saturated heterocycles. The SMILES string of the molecule is N#CCCNC1CCSCC1. The van der Waals surface area contributed by atoms with E-state index in [1.54, 1.807) is 0 Å². The zero-order chi connectivity index (χ0) is 7.94. The molecule has 0 aromatic rings. The Morgan fingerprint density at radius 1 is 1.45 bits per heavy atom. The Labute approximate surface area is 72.4 Å². The molecule has 2 nitrogen and oxygen atoms in total. The van der Waals surface area contributed by atoms with Crippen LogP contribution in [0.15, 0.2) is 0 Å². The predicted octanol–water partition coefficient (Wildman–Crippen LogP) is 1.39. The molecule has 62 valence electrons. The molecule has 0 aromatic carbocycles. The van der Waals surface area contributed by atoms with Crippen LogP contribution in [0.25, 0.3) is 0 Å². The molecule has 0 unspecified atom stereocenters. The number of thioether (sulfide) groups is 1. The molecule has 3 heteroatoms. The number of hydrogen-bond donors (Lipinski definition) is 1. The van der Waals surface area contributed by atoms with Crippen molar-refractivity contribution in [2.24, 2.45) is 0 Å². The average Bonchev–Trinajstić information content (AvgIpc) is 2.07. The minimum atomic E-state index is 0.643. The van der Waals surface area contributed by atoms with Crippen LogP contribution in [-0.2, 0) is 0 Å². The Hall–Kier alpha value is -0.200. The van der Waals surface area contributed by atoms with E-state index in [0.29, 0.717) is 12.5 Å². The van der Waals surface area contributed by atoms with Crippen LogP contribution in [0.4, 0.5) is 0 Å². The van der Waals surface area contributed by atoms with Gasteiger partial charge >= 0.3 is 0 Å². The van der Waals surface area contributed by atoms with E-state index in [-0.39, 0.29) is 0 Å². The zero-order valence-electron chi connectivity index (χ0n) is 6.68. The van der Waals surface area contributed by atoms with Gasteiger partial charge in [-0.25, -0.2) is 0 Å². The van der Waals surface area contributed by atoms with Crippen molar-refractivity contribution in [3.8, 4) is 6.07 Å². The Morgan fingerprint density at radius 3 is 2.82 bits per heavy atom. The van der Waals surface area contributed by atoms with Crippen LogP contribution in [0.3, 0.4) is 0 Å². The fraction of sp³-hybridized carbons (Fsp3) is 0.875. The molecule has 1 rings (SSSR count). The summed E-state index contributed by atoms with van der Waals surface area (Å²) >= 11 is 2.03. The molecule has 0 aliphatic carbocycles. The Bertz CT molecular complexity index is 136. The maximum absolute atomic E-state index is 8.30. The van der Waals surface area contributed by atoms with E-state index in [2.05, 4.69) is 11.4 Å². The third kappa shape index (κ3) is 3.64. The lowest BCUT2D eigenvalue weighted by Crippen LogP contribution is -2.33. The highest BCUT2D eigenvalue weighted by Gasteiger charge is 2.11. The summed E-state index contributed by atoms with van der Waals surface area (Å²) < 4.78 is 0. The van der Waals surface area contributed by atoms with E-state index in [1.807, 2.05) is 11.8 Å². The first-order valence-corrected chi connectivity index (χ1v) is 5.27. The summed E-state index contributed by atoms with van der Waals surface area (Å²) in [4.78, 5) is 0. The molecule has 0 bridgehead atoms. The van der Waals surface area contributed by atoms with Crippen molar-refractivity contribution in [2.75, 3.05) is 18.1 Å². The first-order chi connectivity index (χ1) is 5.43. The van der Waals surface area contributed by atoms with Gasteiger partial charge in [0.15, 0.2) is 0 Å². The number of nitrogens with one attached hydrogen (secondary N) is 1. The molecule has 0 aromatic heterocycles. The molecule has 1 heterocycles. The first kappa shape index (κ1) is 8.89. The number of nitrogens with zero attached hydrogens (tertiary/aromatic N) is 1. The summed E-state index contributed by atoms with van der Waals surface area (Å²) in [7, 11) is 0. The minimum Gasteiger partial charge on any atom is -0.313 e. The van der Waals surface area contributed by atoms with Crippen LogP contribution < -0.4 is 5.32 Å². The molecule has 0 spiro atoms. The zero-order valence-corrected chi connectivity index (χ0v) is 7.49. The summed E-state index contributed by atoms with van der Waals surface area (Å²) in [6.07, 6.45) is 3.19. The minimum absolute atomic E-state index is 0.643. The van der Waals surface area contributed by atoms with Gasteiger partial charge in [0.2, 0.25) is 0 Å². The van der Waals surface area contributed by atoms with Gasteiger partial charge in [-0.2, -0.15) is 17.0 Å². The van der Waals surface area contributed by atoms with E-state index in [4.69, 9.17) is 5.26 Å². The maximum Gasteiger partial charge on any atom is 0.0635 e. The van der Waals surface area contributed by atoms with E-state index >= 15 is 0 Å². The summed E-state index contributed by atoms with van der Waals surface area (Å²) in [5, 5.41) is 11.7. The average molecular weight is 170 g/mol.